The van der Waals surface area contributed by atoms with Crippen molar-refractivity contribution in [1.29, 1.82) is 0 Å². The molecule has 5 nitrogen and oxygen atoms in total. The number of hydrogen-bond acceptors (Lipinski definition) is 2. The summed E-state index contributed by atoms with van der Waals surface area (Å²) in [4.78, 5) is 23.0. The lowest BCUT2D eigenvalue weighted by Crippen LogP contribution is -2.32. The van der Waals surface area contributed by atoms with E-state index in [4.69, 9.17) is 0 Å². The quantitative estimate of drug-likeness (QED) is 0.688. The lowest BCUT2D eigenvalue weighted by atomic mass is 10.0. The van der Waals surface area contributed by atoms with E-state index in [0.717, 1.165) is 16.9 Å². The number of nitrogens with one attached hydrogen (secondary N) is 3. The summed E-state index contributed by atoms with van der Waals surface area (Å²) in [6.45, 7) is 4.12. The fraction of sp³-hybridized carbons (Fsp3) is 0.250. The number of fused-ring (bicyclic) bond motifs is 1. The molecular weight excluding hydrogens is 264 g/mol. The standard InChI is InChI=1S/C16H18N4O/c1-10(2)14(20-16(21)13-8-5-9-17-13)15-18-11-6-3-4-7-12(11)19-15/h3-10,14,17H,1-2H3,(H,18,19)(H,20,21)/t14-/m0/s1. The Labute approximate surface area is 122 Å². The van der Waals surface area contributed by atoms with Gasteiger partial charge in [-0.2, -0.15) is 0 Å². The molecule has 1 aromatic carbocycles. The second kappa shape index (κ2) is 5.44. The number of hydrogen-bond donors (Lipinski definition) is 3. The summed E-state index contributed by atoms with van der Waals surface area (Å²) < 4.78 is 0. The molecule has 0 aliphatic rings. The summed E-state index contributed by atoms with van der Waals surface area (Å²) in [6, 6.07) is 11.3. The number of para-hydroxylation sites is 2. The van der Waals surface area contributed by atoms with Gasteiger partial charge in [0.25, 0.3) is 5.91 Å². The number of benzene rings is 1. The van der Waals surface area contributed by atoms with Crippen LogP contribution in [0.15, 0.2) is 42.6 Å². The summed E-state index contributed by atoms with van der Waals surface area (Å²) in [7, 11) is 0. The minimum atomic E-state index is -0.159. The van der Waals surface area contributed by atoms with Crippen LogP contribution in [-0.4, -0.2) is 20.9 Å². The minimum absolute atomic E-state index is 0.126. The molecule has 0 aliphatic heterocycles. The van der Waals surface area contributed by atoms with Crippen molar-refractivity contribution in [1.82, 2.24) is 20.3 Å². The van der Waals surface area contributed by atoms with E-state index in [2.05, 4.69) is 34.1 Å². The fourth-order valence-corrected chi connectivity index (χ4v) is 2.36. The zero-order chi connectivity index (χ0) is 14.8. The van der Waals surface area contributed by atoms with Gasteiger partial charge in [-0.1, -0.05) is 26.0 Å². The van der Waals surface area contributed by atoms with E-state index in [1.807, 2.05) is 24.3 Å². The Morgan fingerprint density at radius 2 is 2.00 bits per heavy atom. The van der Waals surface area contributed by atoms with Crippen LogP contribution < -0.4 is 5.32 Å². The average Bonchev–Trinajstić information content (AvgIpc) is 3.12. The molecule has 0 fully saturated rings. The van der Waals surface area contributed by atoms with Crippen LogP contribution >= 0.6 is 0 Å². The maximum Gasteiger partial charge on any atom is 0.268 e. The van der Waals surface area contributed by atoms with Gasteiger partial charge in [0.2, 0.25) is 0 Å². The van der Waals surface area contributed by atoms with Gasteiger partial charge >= 0.3 is 0 Å². The van der Waals surface area contributed by atoms with E-state index in [-0.39, 0.29) is 17.9 Å². The van der Waals surface area contributed by atoms with E-state index in [0.29, 0.717) is 5.69 Å². The van der Waals surface area contributed by atoms with Crippen LogP contribution in [-0.2, 0) is 0 Å². The zero-order valence-electron chi connectivity index (χ0n) is 12.1. The van der Waals surface area contributed by atoms with Crippen molar-refractivity contribution in [3.63, 3.8) is 0 Å². The third kappa shape index (κ3) is 2.67. The predicted octanol–water partition coefficient (Wildman–Crippen LogP) is 3.02. The number of aromatic amines is 2. The van der Waals surface area contributed by atoms with Gasteiger partial charge in [-0.05, 0) is 30.2 Å². The topological polar surface area (TPSA) is 73.6 Å². The number of carbonyl (C=O) groups is 1. The molecule has 0 saturated heterocycles. The maximum atomic E-state index is 12.2. The Balaban J connectivity index is 1.89. The largest absolute Gasteiger partial charge is 0.357 e. The Morgan fingerprint density at radius 3 is 2.67 bits per heavy atom. The molecule has 3 rings (SSSR count). The summed E-state index contributed by atoms with van der Waals surface area (Å²) in [5.41, 5.74) is 2.44. The lowest BCUT2D eigenvalue weighted by Gasteiger charge is -2.20. The summed E-state index contributed by atoms with van der Waals surface area (Å²) in [6.07, 6.45) is 1.74. The first kappa shape index (κ1) is 13.4. The van der Waals surface area contributed by atoms with Crippen molar-refractivity contribution in [3.8, 4) is 0 Å². The summed E-state index contributed by atoms with van der Waals surface area (Å²) >= 11 is 0. The van der Waals surface area contributed by atoms with Crippen molar-refractivity contribution >= 4 is 16.9 Å². The first-order valence-electron chi connectivity index (χ1n) is 7.04. The highest BCUT2D eigenvalue weighted by molar-refractivity contribution is 5.92. The van der Waals surface area contributed by atoms with Crippen molar-refractivity contribution in [2.45, 2.75) is 19.9 Å². The highest BCUT2D eigenvalue weighted by Crippen LogP contribution is 2.22. The fourth-order valence-electron chi connectivity index (χ4n) is 2.36. The normalized spacial score (nSPS) is 12.7. The zero-order valence-corrected chi connectivity index (χ0v) is 12.1. The Bertz CT molecular complexity index is 710. The number of nitrogens with zero attached hydrogens (tertiary/aromatic N) is 1. The Hall–Kier alpha value is -2.56. The van der Waals surface area contributed by atoms with Crippen LogP contribution in [0.25, 0.3) is 11.0 Å². The van der Waals surface area contributed by atoms with Gasteiger partial charge in [0.1, 0.15) is 11.5 Å². The average molecular weight is 282 g/mol. The number of amides is 1. The SMILES string of the molecule is CC(C)[C@H](NC(=O)c1ccc[nH]1)c1nc2ccccc2[nH]1. The van der Waals surface area contributed by atoms with Crippen LogP contribution in [0.5, 0.6) is 0 Å². The molecule has 21 heavy (non-hydrogen) atoms. The van der Waals surface area contributed by atoms with Crippen molar-refractivity contribution in [2.75, 3.05) is 0 Å². The van der Waals surface area contributed by atoms with Crippen molar-refractivity contribution in [3.05, 3.63) is 54.1 Å². The highest BCUT2D eigenvalue weighted by Gasteiger charge is 2.22. The molecule has 2 aromatic heterocycles. The number of H-pyrrole nitrogens is 2. The first-order chi connectivity index (χ1) is 10.1. The van der Waals surface area contributed by atoms with E-state index >= 15 is 0 Å². The van der Waals surface area contributed by atoms with E-state index in [9.17, 15) is 4.79 Å². The van der Waals surface area contributed by atoms with Gasteiger partial charge in [0, 0.05) is 6.20 Å². The minimum Gasteiger partial charge on any atom is -0.357 e. The molecule has 0 aliphatic carbocycles. The van der Waals surface area contributed by atoms with E-state index < -0.39 is 0 Å². The molecule has 108 valence electrons. The second-order valence-corrected chi connectivity index (χ2v) is 5.42. The molecule has 3 N–H and O–H groups in total. The molecule has 2 heterocycles. The number of imidazole rings is 1. The highest BCUT2D eigenvalue weighted by atomic mass is 16.1. The van der Waals surface area contributed by atoms with E-state index in [1.165, 1.54) is 0 Å². The molecule has 1 atom stereocenters. The second-order valence-electron chi connectivity index (χ2n) is 5.42. The van der Waals surface area contributed by atoms with Crippen LogP contribution in [0.3, 0.4) is 0 Å². The Kier molecular flexibility index (Phi) is 3.48. The van der Waals surface area contributed by atoms with Crippen LogP contribution in [0, 0.1) is 5.92 Å². The molecule has 5 heteroatoms. The summed E-state index contributed by atoms with van der Waals surface area (Å²) in [5, 5.41) is 3.03. The van der Waals surface area contributed by atoms with Crippen LogP contribution in [0.1, 0.15) is 36.2 Å². The van der Waals surface area contributed by atoms with Crippen LogP contribution in [0.2, 0.25) is 0 Å². The number of rotatable bonds is 4. The monoisotopic (exact) mass is 282 g/mol. The smallest absolute Gasteiger partial charge is 0.268 e. The number of aromatic nitrogens is 3. The van der Waals surface area contributed by atoms with Crippen molar-refractivity contribution in [2.24, 2.45) is 5.92 Å². The maximum absolute atomic E-state index is 12.2. The van der Waals surface area contributed by atoms with Gasteiger partial charge < -0.3 is 15.3 Å². The molecule has 0 radical (unpaired) electrons. The number of carbonyl (C=O) groups excluding carboxylic acids is 1. The molecule has 1 amide bonds. The van der Waals surface area contributed by atoms with E-state index in [1.54, 1.807) is 18.3 Å². The van der Waals surface area contributed by atoms with Gasteiger partial charge in [-0.25, -0.2) is 4.98 Å². The van der Waals surface area contributed by atoms with Gasteiger partial charge in [0.05, 0.1) is 17.1 Å². The molecular formula is C16H18N4O. The summed E-state index contributed by atoms with van der Waals surface area (Å²) in [5.74, 6) is 0.884. The third-order valence-corrected chi connectivity index (χ3v) is 3.50. The van der Waals surface area contributed by atoms with Gasteiger partial charge in [-0.3, -0.25) is 4.79 Å². The third-order valence-electron chi connectivity index (χ3n) is 3.50. The molecule has 0 unspecified atom stereocenters. The molecule has 0 bridgehead atoms. The molecule has 0 spiro atoms. The molecule has 3 aromatic rings. The van der Waals surface area contributed by atoms with Gasteiger partial charge in [-0.15, -0.1) is 0 Å². The van der Waals surface area contributed by atoms with Crippen LogP contribution in [0.4, 0.5) is 0 Å². The van der Waals surface area contributed by atoms with Gasteiger partial charge in [0.15, 0.2) is 0 Å². The first-order valence-corrected chi connectivity index (χ1v) is 7.04. The van der Waals surface area contributed by atoms with Crippen molar-refractivity contribution < 1.29 is 4.79 Å². The Morgan fingerprint density at radius 1 is 1.19 bits per heavy atom. The lowest BCUT2D eigenvalue weighted by molar-refractivity contribution is 0.0919. The predicted molar refractivity (Wildman–Crippen MR) is 81.9 cm³/mol. The molecule has 0 saturated carbocycles.